The molecular formula is C15H20N4O2. The van der Waals surface area contributed by atoms with Crippen LogP contribution < -0.4 is 4.90 Å². The molecule has 1 aromatic heterocycles. The van der Waals surface area contributed by atoms with E-state index in [2.05, 4.69) is 10.3 Å². The molecule has 0 fully saturated rings. The highest BCUT2D eigenvalue weighted by atomic mass is 16.4. The topological polar surface area (TPSA) is 71.2 Å². The molecule has 0 unspecified atom stereocenters. The monoisotopic (exact) mass is 288 g/mol. The molecule has 1 heterocycles. The second-order valence-corrected chi connectivity index (χ2v) is 6.16. The number of aromatic nitrogens is 3. The summed E-state index contributed by atoms with van der Waals surface area (Å²) in [6.45, 7) is 5.84. The van der Waals surface area contributed by atoms with Crippen LogP contribution in [0.5, 0.6) is 0 Å². The molecule has 0 atom stereocenters. The fourth-order valence-electron chi connectivity index (χ4n) is 2.17. The number of rotatable bonds is 3. The summed E-state index contributed by atoms with van der Waals surface area (Å²) in [5.41, 5.74) is 2.07. The van der Waals surface area contributed by atoms with Crippen LogP contribution in [0.3, 0.4) is 0 Å². The average molecular weight is 288 g/mol. The van der Waals surface area contributed by atoms with E-state index in [0.717, 1.165) is 11.4 Å². The van der Waals surface area contributed by atoms with Crippen LogP contribution in [0, 0.1) is 0 Å². The number of benzene rings is 1. The van der Waals surface area contributed by atoms with Crippen LogP contribution in [0.4, 0.5) is 5.69 Å². The highest BCUT2D eigenvalue weighted by Gasteiger charge is 2.29. The Bertz CT molecular complexity index is 651. The van der Waals surface area contributed by atoms with Gasteiger partial charge in [-0.25, -0.2) is 9.48 Å². The third-order valence-electron chi connectivity index (χ3n) is 3.19. The lowest BCUT2D eigenvalue weighted by molar-refractivity contribution is 0.0687. The van der Waals surface area contributed by atoms with Crippen molar-refractivity contribution in [3.05, 3.63) is 35.7 Å². The van der Waals surface area contributed by atoms with Crippen molar-refractivity contribution in [3.63, 3.8) is 0 Å². The van der Waals surface area contributed by atoms with Crippen LogP contribution in [0.2, 0.25) is 0 Å². The van der Waals surface area contributed by atoms with Crippen molar-refractivity contribution in [3.8, 4) is 5.69 Å². The third-order valence-corrected chi connectivity index (χ3v) is 3.19. The van der Waals surface area contributed by atoms with Gasteiger partial charge in [0.05, 0.1) is 11.4 Å². The number of aromatic carboxylic acids is 1. The SMILES string of the molecule is CN(C)c1ccc(-n2nnc(C(=O)O)c2C(C)(C)C)cc1. The molecule has 0 aliphatic heterocycles. The molecule has 6 nitrogen and oxygen atoms in total. The van der Waals surface area contributed by atoms with Crippen LogP contribution in [-0.4, -0.2) is 40.2 Å². The highest BCUT2D eigenvalue weighted by Crippen LogP contribution is 2.27. The molecule has 0 aliphatic carbocycles. The molecule has 1 aromatic carbocycles. The van der Waals surface area contributed by atoms with Crippen LogP contribution in [0.25, 0.3) is 5.69 Å². The lowest BCUT2D eigenvalue weighted by atomic mass is 9.90. The normalized spacial score (nSPS) is 11.5. The summed E-state index contributed by atoms with van der Waals surface area (Å²) in [6, 6.07) is 7.74. The number of carbonyl (C=O) groups is 1. The zero-order valence-corrected chi connectivity index (χ0v) is 13.0. The molecule has 0 bridgehead atoms. The number of hydrogen-bond acceptors (Lipinski definition) is 4. The van der Waals surface area contributed by atoms with E-state index in [1.807, 2.05) is 64.0 Å². The molecule has 0 spiro atoms. The van der Waals surface area contributed by atoms with Gasteiger partial charge >= 0.3 is 5.97 Å². The fourth-order valence-corrected chi connectivity index (χ4v) is 2.17. The summed E-state index contributed by atoms with van der Waals surface area (Å²) >= 11 is 0. The molecule has 112 valence electrons. The Morgan fingerprint density at radius 3 is 2.19 bits per heavy atom. The van der Waals surface area contributed by atoms with E-state index in [9.17, 15) is 9.90 Å². The first-order valence-electron chi connectivity index (χ1n) is 6.69. The Morgan fingerprint density at radius 1 is 1.19 bits per heavy atom. The number of anilines is 1. The molecule has 0 saturated heterocycles. The maximum Gasteiger partial charge on any atom is 0.358 e. The first-order valence-corrected chi connectivity index (χ1v) is 6.69. The van der Waals surface area contributed by atoms with Gasteiger partial charge in [-0.15, -0.1) is 5.10 Å². The maximum absolute atomic E-state index is 11.3. The Labute approximate surface area is 124 Å². The van der Waals surface area contributed by atoms with Crippen LogP contribution >= 0.6 is 0 Å². The molecule has 21 heavy (non-hydrogen) atoms. The Kier molecular flexibility index (Phi) is 3.72. The van der Waals surface area contributed by atoms with Gasteiger partial charge in [-0.05, 0) is 24.3 Å². The molecule has 0 aliphatic rings. The number of nitrogens with zero attached hydrogens (tertiary/aromatic N) is 4. The Morgan fingerprint density at radius 2 is 1.76 bits per heavy atom. The molecule has 2 aromatic rings. The smallest absolute Gasteiger partial charge is 0.358 e. The molecule has 0 radical (unpaired) electrons. The van der Waals surface area contributed by atoms with E-state index in [4.69, 9.17) is 0 Å². The first-order chi connectivity index (χ1) is 9.71. The lowest BCUT2D eigenvalue weighted by Gasteiger charge is -2.20. The van der Waals surface area contributed by atoms with Crippen molar-refractivity contribution in [1.82, 2.24) is 15.0 Å². The standard InChI is InChI=1S/C15H20N4O2/c1-15(2,3)13-12(14(20)21)16-17-19(13)11-8-6-10(7-9-11)18(4)5/h6-9H,1-5H3,(H,20,21). The van der Waals surface area contributed by atoms with Crippen LogP contribution in [-0.2, 0) is 5.41 Å². The van der Waals surface area contributed by atoms with Crippen molar-refractivity contribution < 1.29 is 9.90 Å². The quantitative estimate of drug-likeness (QED) is 0.938. The molecule has 6 heteroatoms. The van der Waals surface area contributed by atoms with Gasteiger partial charge < -0.3 is 10.0 Å². The molecule has 0 amide bonds. The van der Waals surface area contributed by atoms with Gasteiger partial charge in [-0.3, -0.25) is 0 Å². The Balaban J connectivity index is 2.56. The van der Waals surface area contributed by atoms with E-state index in [0.29, 0.717) is 5.69 Å². The minimum atomic E-state index is -1.06. The van der Waals surface area contributed by atoms with Crippen molar-refractivity contribution in [2.24, 2.45) is 0 Å². The van der Waals surface area contributed by atoms with Gasteiger partial charge in [0.25, 0.3) is 0 Å². The molecule has 0 saturated carbocycles. The van der Waals surface area contributed by atoms with Crippen molar-refractivity contribution in [2.75, 3.05) is 19.0 Å². The minimum absolute atomic E-state index is 0.000754. The van der Waals surface area contributed by atoms with Gasteiger partial charge in [0.1, 0.15) is 0 Å². The lowest BCUT2D eigenvalue weighted by Crippen LogP contribution is -2.21. The summed E-state index contributed by atoms with van der Waals surface area (Å²) in [6.07, 6.45) is 0. The van der Waals surface area contributed by atoms with Gasteiger partial charge in [0.15, 0.2) is 5.69 Å². The zero-order chi connectivity index (χ0) is 15.8. The largest absolute Gasteiger partial charge is 0.476 e. The summed E-state index contributed by atoms with van der Waals surface area (Å²) in [7, 11) is 3.93. The molecule has 2 rings (SSSR count). The summed E-state index contributed by atoms with van der Waals surface area (Å²) < 4.78 is 1.60. The maximum atomic E-state index is 11.3. The molecule has 1 N–H and O–H groups in total. The van der Waals surface area contributed by atoms with Gasteiger partial charge in [-0.1, -0.05) is 26.0 Å². The highest BCUT2D eigenvalue weighted by molar-refractivity contribution is 5.87. The first kappa shape index (κ1) is 15.0. The summed E-state index contributed by atoms with van der Waals surface area (Å²) in [5, 5.41) is 17.1. The summed E-state index contributed by atoms with van der Waals surface area (Å²) in [5.74, 6) is -1.06. The van der Waals surface area contributed by atoms with Gasteiger partial charge in [0, 0.05) is 25.2 Å². The average Bonchev–Trinajstić information content (AvgIpc) is 2.83. The van der Waals surface area contributed by atoms with E-state index < -0.39 is 5.97 Å². The third kappa shape index (κ3) is 2.89. The van der Waals surface area contributed by atoms with Crippen molar-refractivity contribution >= 4 is 11.7 Å². The second-order valence-electron chi connectivity index (χ2n) is 6.16. The van der Waals surface area contributed by atoms with E-state index in [-0.39, 0.29) is 11.1 Å². The van der Waals surface area contributed by atoms with Crippen molar-refractivity contribution in [2.45, 2.75) is 26.2 Å². The van der Waals surface area contributed by atoms with E-state index in [1.165, 1.54) is 0 Å². The van der Waals surface area contributed by atoms with E-state index >= 15 is 0 Å². The number of carboxylic acid groups (broad SMARTS) is 1. The van der Waals surface area contributed by atoms with E-state index in [1.54, 1.807) is 4.68 Å². The van der Waals surface area contributed by atoms with Gasteiger partial charge in [-0.2, -0.15) is 0 Å². The minimum Gasteiger partial charge on any atom is -0.476 e. The van der Waals surface area contributed by atoms with Crippen LogP contribution in [0.1, 0.15) is 37.0 Å². The van der Waals surface area contributed by atoms with Crippen molar-refractivity contribution in [1.29, 1.82) is 0 Å². The zero-order valence-electron chi connectivity index (χ0n) is 13.0. The number of carboxylic acids is 1. The molecular weight excluding hydrogens is 268 g/mol. The predicted molar refractivity (Wildman–Crippen MR) is 81.3 cm³/mol. The number of hydrogen-bond donors (Lipinski definition) is 1. The fraction of sp³-hybridized carbons (Fsp3) is 0.400. The van der Waals surface area contributed by atoms with Gasteiger partial charge in [0.2, 0.25) is 0 Å². The Hall–Kier alpha value is -2.37. The predicted octanol–water partition coefficient (Wildman–Crippen LogP) is 2.33. The summed E-state index contributed by atoms with van der Waals surface area (Å²) in [4.78, 5) is 13.3. The second kappa shape index (κ2) is 5.20. The van der Waals surface area contributed by atoms with Crippen LogP contribution in [0.15, 0.2) is 24.3 Å².